The minimum absolute atomic E-state index is 0.199. The minimum atomic E-state index is -0.204. The molecule has 3 rings (SSSR count). The van der Waals surface area contributed by atoms with Crippen molar-refractivity contribution in [2.24, 2.45) is 0 Å². The summed E-state index contributed by atoms with van der Waals surface area (Å²) in [6.07, 6.45) is 2.19. The lowest BCUT2D eigenvalue weighted by Gasteiger charge is -2.13. The van der Waals surface area contributed by atoms with E-state index in [1.807, 2.05) is 12.1 Å². The Kier molecular flexibility index (Phi) is 4.88. The molecule has 25 heavy (non-hydrogen) atoms. The number of carbonyl (C=O) groups excluding carboxylic acids is 2. The van der Waals surface area contributed by atoms with Gasteiger partial charge in [0, 0.05) is 11.7 Å². The van der Waals surface area contributed by atoms with Gasteiger partial charge in [-0.15, -0.1) is 0 Å². The lowest BCUT2D eigenvalue weighted by atomic mass is 10.1. The fourth-order valence-corrected chi connectivity index (χ4v) is 2.45. The zero-order valence-electron chi connectivity index (χ0n) is 14.0. The molecule has 0 unspecified atom stereocenters. The smallest absolute Gasteiger partial charge is 0.253 e. The summed E-state index contributed by atoms with van der Waals surface area (Å²) < 4.78 is 5.19. The molecule has 4 N–H and O–H groups in total. The van der Waals surface area contributed by atoms with Gasteiger partial charge in [-0.25, -0.2) is 0 Å². The topological polar surface area (TPSA) is 93.4 Å². The summed E-state index contributed by atoms with van der Waals surface area (Å²) >= 11 is 0. The summed E-state index contributed by atoms with van der Waals surface area (Å²) in [7, 11) is 1.54. The van der Waals surface area contributed by atoms with Crippen molar-refractivity contribution in [1.29, 1.82) is 0 Å². The Labute approximate surface area is 146 Å². The molecule has 0 aromatic heterocycles. The van der Waals surface area contributed by atoms with Gasteiger partial charge in [-0.3, -0.25) is 9.59 Å². The van der Waals surface area contributed by atoms with Crippen LogP contribution in [0.15, 0.2) is 42.5 Å². The minimum Gasteiger partial charge on any atom is -0.497 e. The van der Waals surface area contributed by atoms with Crippen LogP contribution in [-0.4, -0.2) is 25.0 Å². The number of carbonyl (C=O) groups is 2. The molecule has 130 valence electrons. The Morgan fingerprint density at radius 2 is 1.88 bits per heavy atom. The van der Waals surface area contributed by atoms with Crippen molar-refractivity contribution >= 4 is 23.2 Å². The molecular weight excluding hydrogens is 318 g/mol. The van der Waals surface area contributed by atoms with Gasteiger partial charge in [-0.2, -0.15) is 0 Å². The van der Waals surface area contributed by atoms with Crippen molar-refractivity contribution < 1.29 is 14.3 Å². The number of nitrogens with one attached hydrogen (secondary N) is 2. The van der Waals surface area contributed by atoms with Crippen molar-refractivity contribution in [3.8, 4) is 5.75 Å². The summed E-state index contributed by atoms with van der Waals surface area (Å²) in [4.78, 5) is 24.8. The predicted molar refractivity (Wildman–Crippen MR) is 96.7 cm³/mol. The lowest BCUT2D eigenvalue weighted by Crippen LogP contribution is -2.27. The second kappa shape index (κ2) is 7.25. The summed E-state index contributed by atoms with van der Waals surface area (Å²) in [5, 5.41) is 5.74. The Morgan fingerprint density at radius 3 is 2.52 bits per heavy atom. The van der Waals surface area contributed by atoms with Gasteiger partial charge in [0.2, 0.25) is 5.91 Å². The third kappa shape index (κ3) is 4.50. The van der Waals surface area contributed by atoms with E-state index in [4.69, 9.17) is 10.5 Å². The Balaban J connectivity index is 1.74. The molecule has 0 saturated heterocycles. The first-order valence-corrected chi connectivity index (χ1v) is 8.18. The molecule has 0 atom stereocenters. The molecular formula is C19H21N3O3. The zero-order chi connectivity index (χ0) is 17.8. The normalized spacial score (nSPS) is 13.2. The van der Waals surface area contributed by atoms with Crippen LogP contribution in [0.25, 0.3) is 0 Å². The quantitative estimate of drug-likeness (QED) is 0.704. The number of hydrogen-bond acceptors (Lipinski definition) is 4. The molecule has 6 heteroatoms. The van der Waals surface area contributed by atoms with E-state index in [0.29, 0.717) is 22.7 Å². The Morgan fingerprint density at radius 1 is 1.16 bits per heavy atom. The van der Waals surface area contributed by atoms with Crippen LogP contribution < -0.4 is 21.1 Å². The number of rotatable bonds is 6. The van der Waals surface area contributed by atoms with E-state index < -0.39 is 0 Å². The molecule has 2 aromatic carbocycles. The second-order valence-electron chi connectivity index (χ2n) is 6.13. The van der Waals surface area contributed by atoms with Crippen molar-refractivity contribution in [2.75, 3.05) is 18.2 Å². The molecule has 0 bridgehead atoms. The SMILES string of the molecule is COc1ccc(NC(=O)Cc2ccc(N)cc2)c(C(=O)NC2CC2)c1. The van der Waals surface area contributed by atoms with Crippen molar-refractivity contribution in [3.05, 3.63) is 53.6 Å². The predicted octanol–water partition coefficient (Wildman–Crippen LogP) is 2.35. The fraction of sp³-hybridized carbons (Fsp3) is 0.263. The molecule has 1 saturated carbocycles. The molecule has 1 aliphatic rings. The summed E-state index contributed by atoms with van der Waals surface area (Å²) in [6.45, 7) is 0. The second-order valence-corrected chi connectivity index (χ2v) is 6.13. The molecule has 0 radical (unpaired) electrons. The summed E-state index contributed by atoms with van der Waals surface area (Å²) in [6, 6.07) is 12.4. The van der Waals surface area contributed by atoms with Gasteiger partial charge >= 0.3 is 0 Å². The van der Waals surface area contributed by atoms with Gasteiger partial charge < -0.3 is 21.1 Å². The van der Waals surface area contributed by atoms with Crippen molar-refractivity contribution in [3.63, 3.8) is 0 Å². The number of ether oxygens (including phenoxy) is 1. The van der Waals surface area contributed by atoms with Gasteiger partial charge in [0.05, 0.1) is 24.8 Å². The summed E-state index contributed by atoms with van der Waals surface area (Å²) in [5.41, 5.74) is 8.02. The van der Waals surface area contributed by atoms with Crippen molar-refractivity contribution in [1.82, 2.24) is 5.32 Å². The fourth-order valence-electron chi connectivity index (χ4n) is 2.45. The highest BCUT2D eigenvalue weighted by Gasteiger charge is 2.25. The molecule has 2 aromatic rings. The number of nitrogens with two attached hydrogens (primary N) is 1. The van der Waals surface area contributed by atoms with E-state index in [1.165, 1.54) is 7.11 Å². The van der Waals surface area contributed by atoms with Gasteiger partial charge in [-0.05, 0) is 48.7 Å². The number of nitrogen functional groups attached to an aromatic ring is 1. The molecule has 0 aliphatic heterocycles. The lowest BCUT2D eigenvalue weighted by molar-refractivity contribution is -0.115. The first-order valence-electron chi connectivity index (χ1n) is 8.18. The summed E-state index contributed by atoms with van der Waals surface area (Å²) in [5.74, 6) is 0.164. The maximum absolute atomic E-state index is 12.4. The number of amides is 2. The van der Waals surface area contributed by atoms with Crippen LogP contribution in [0.3, 0.4) is 0 Å². The van der Waals surface area contributed by atoms with Gasteiger partial charge in [0.1, 0.15) is 5.75 Å². The van der Waals surface area contributed by atoms with E-state index in [2.05, 4.69) is 10.6 Å². The average Bonchev–Trinajstić information content (AvgIpc) is 3.41. The van der Waals surface area contributed by atoms with Crippen LogP contribution in [-0.2, 0) is 11.2 Å². The number of hydrogen-bond donors (Lipinski definition) is 3. The van der Waals surface area contributed by atoms with E-state index in [-0.39, 0.29) is 24.3 Å². The Hall–Kier alpha value is -3.02. The monoisotopic (exact) mass is 339 g/mol. The van der Waals surface area contributed by atoms with E-state index in [1.54, 1.807) is 30.3 Å². The maximum atomic E-state index is 12.4. The van der Waals surface area contributed by atoms with Crippen LogP contribution >= 0.6 is 0 Å². The molecule has 1 aliphatic carbocycles. The molecule has 2 amide bonds. The number of methoxy groups -OCH3 is 1. The largest absolute Gasteiger partial charge is 0.497 e. The van der Waals surface area contributed by atoms with Gasteiger partial charge in [0.25, 0.3) is 5.91 Å². The van der Waals surface area contributed by atoms with Crippen LogP contribution in [0.4, 0.5) is 11.4 Å². The number of benzene rings is 2. The first kappa shape index (κ1) is 16.8. The van der Waals surface area contributed by atoms with Gasteiger partial charge in [-0.1, -0.05) is 12.1 Å². The van der Waals surface area contributed by atoms with Crippen LogP contribution in [0.2, 0.25) is 0 Å². The van der Waals surface area contributed by atoms with Gasteiger partial charge in [0.15, 0.2) is 0 Å². The van der Waals surface area contributed by atoms with Crippen LogP contribution in [0.1, 0.15) is 28.8 Å². The van der Waals surface area contributed by atoms with E-state index >= 15 is 0 Å². The highest BCUT2D eigenvalue weighted by Crippen LogP contribution is 2.25. The third-order valence-corrected chi connectivity index (χ3v) is 4.00. The maximum Gasteiger partial charge on any atom is 0.253 e. The van der Waals surface area contributed by atoms with Crippen LogP contribution in [0, 0.1) is 0 Å². The van der Waals surface area contributed by atoms with Crippen molar-refractivity contribution in [2.45, 2.75) is 25.3 Å². The first-order chi connectivity index (χ1) is 12.0. The highest BCUT2D eigenvalue weighted by atomic mass is 16.5. The third-order valence-electron chi connectivity index (χ3n) is 4.00. The zero-order valence-corrected chi connectivity index (χ0v) is 14.0. The van der Waals surface area contributed by atoms with E-state index in [9.17, 15) is 9.59 Å². The average molecular weight is 339 g/mol. The standard InChI is InChI=1S/C19H21N3O3/c1-25-15-8-9-17(16(11-15)19(24)21-14-6-7-14)22-18(23)10-12-2-4-13(20)5-3-12/h2-5,8-9,11,14H,6-7,10,20H2,1H3,(H,21,24)(H,22,23). The molecule has 0 spiro atoms. The van der Waals surface area contributed by atoms with Crippen LogP contribution in [0.5, 0.6) is 5.75 Å². The van der Waals surface area contributed by atoms with E-state index in [0.717, 1.165) is 18.4 Å². The molecule has 6 nitrogen and oxygen atoms in total. The highest BCUT2D eigenvalue weighted by molar-refractivity contribution is 6.04. The molecule has 1 fully saturated rings. The Bertz CT molecular complexity index is 783. The number of anilines is 2. The molecule has 0 heterocycles.